The Balaban J connectivity index is 4.43. The van der Waals surface area contributed by atoms with Crippen molar-refractivity contribution in [2.45, 2.75) is 51.8 Å². The standard InChI is InChI=1S/C11H22F3NO/c1-4-7-15(9-11(12,13)14)8-10(16,5-2)6-3/h16H,4-9H2,1-3H3. The Bertz CT molecular complexity index is 190. The van der Waals surface area contributed by atoms with E-state index < -0.39 is 18.3 Å². The van der Waals surface area contributed by atoms with Gasteiger partial charge >= 0.3 is 6.18 Å². The van der Waals surface area contributed by atoms with E-state index in [1.165, 1.54) is 4.90 Å². The molecule has 0 atom stereocenters. The van der Waals surface area contributed by atoms with Gasteiger partial charge in [-0.15, -0.1) is 0 Å². The quantitative estimate of drug-likeness (QED) is 0.741. The van der Waals surface area contributed by atoms with Gasteiger partial charge in [-0.25, -0.2) is 0 Å². The lowest BCUT2D eigenvalue weighted by Crippen LogP contribution is -2.46. The zero-order valence-electron chi connectivity index (χ0n) is 10.3. The van der Waals surface area contributed by atoms with E-state index in [1.807, 2.05) is 6.92 Å². The van der Waals surface area contributed by atoms with E-state index in [9.17, 15) is 18.3 Å². The van der Waals surface area contributed by atoms with Crippen molar-refractivity contribution < 1.29 is 18.3 Å². The predicted molar refractivity (Wildman–Crippen MR) is 58.3 cm³/mol. The van der Waals surface area contributed by atoms with Crippen LogP contribution in [0.5, 0.6) is 0 Å². The minimum Gasteiger partial charge on any atom is -0.389 e. The van der Waals surface area contributed by atoms with Crippen LogP contribution >= 0.6 is 0 Å². The summed E-state index contributed by atoms with van der Waals surface area (Å²) >= 11 is 0. The SMILES string of the molecule is CCCN(CC(F)(F)F)CC(O)(CC)CC. The van der Waals surface area contributed by atoms with Gasteiger partial charge in [0.05, 0.1) is 12.1 Å². The van der Waals surface area contributed by atoms with E-state index >= 15 is 0 Å². The van der Waals surface area contributed by atoms with Crippen LogP contribution in [0.25, 0.3) is 0 Å². The predicted octanol–water partition coefficient (Wildman–Crippen LogP) is 2.81. The average molecular weight is 241 g/mol. The summed E-state index contributed by atoms with van der Waals surface area (Å²) in [6.07, 6.45) is -2.60. The number of rotatable bonds is 7. The first-order chi connectivity index (χ1) is 7.26. The summed E-state index contributed by atoms with van der Waals surface area (Å²) in [7, 11) is 0. The highest BCUT2D eigenvalue weighted by Crippen LogP contribution is 2.21. The Morgan fingerprint density at radius 2 is 1.50 bits per heavy atom. The molecule has 0 aliphatic carbocycles. The number of halogens is 3. The maximum absolute atomic E-state index is 12.3. The molecular weight excluding hydrogens is 219 g/mol. The molecule has 0 rings (SSSR count). The van der Waals surface area contributed by atoms with E-state index in [4.69, 9.17) is 0 Å². The lowest BCUT2D eigenvalue weighted by Gasteiger charge is -2.33. The fraction of sp³-hybridized carbons (Fsp3) is 1.00. The van der Waals surface area contributed by atoms with Gasteiger partial charge in [-0.05, 0) is 25.8 Å². The molecule has 0 saturated carbocycles. The second-order valence-electron chi connectivity index (χ2n) is 4.26. The molecule has 98 valence electrons. The second kappa shape index (κ2) is 6.45. The molecule has 0 unspecified atom stereocenters. The maximum Gasteiger partial charge on any atom is 0.401 e. The largest absolute Gasteiger partial charge is 0.401 e. The third-order valence-electron chi connectivity index (χ3n) is 2.78. The van der Waals surface area contributed by atoms with Crippen LogP contribution in [0.1, 0.15) is 40.0 Å². The van der Waals surface area contributed by atoms with Crippen LogP contribution in [-0.2, 0) is 0 Å². The number of alkyl halides is 3. The molecule has 0 aromatic heterocycles. The molecule has 16 heavy (non-hydrogen) atoms. The van der Waals surface area contributed by atoms with Gasteiger partial charge in [-0.3, -0.25) is 4.90 Å². The van der Waals surface area contributed by atoms with E-state index in [0.29, 0.717) is 25.8 Å². The van der Waals surface area contributed by atoms with Crippen LogP contribution in [0.15, 0.2) is 0 Å². The van der Waals surface area contributed by atoms with Crippen molar-refractivity contribution in [1.82, 2.24) is 4.90 Å². The van der Waals surface area contributed by atoms with Gasteiger partial charge in [0, 0.05) is 6.54 Å². The molecule has 1 N–H and O–H groups in total. The first-order valence-corrected chi connectivity index (χ1v) is 5.77. The minimum atomic E-state index is -4.20. The van der Waals surface area contributed by atoms with Gasteiger partial charge in [0.1, 0.15) is 0 Å². The summed E-state index contributed by atoms with van der Waals surface area (Å²) in [6.45, 7) is 4.93. The normalized spacial score (nSPS) is 13.5. The van der Waals surface area contributed by atoms with Gasteiger partial charge in [0.25, 0.3) is 0 Å². The highest BCUT2D eigenvalue weighted by molar-refractivity contribution is 4.80. The van der Waals surface area contributed by atoms with Crippen molar-refractivity contribution in [2.24, 2.45) is 0 Å². The van der Waals surface area contributed by atoms with Crippen LogP contribution in [0.2, 0.25) is 0 Å². The Morgan fingerprint density at radius 3 is 1.81 bits per heavy atom. The number of aliphatic hydroxyl groups is 1. The molecule has 0 saturated heterocycles. The van der Waals surface area contributed by atoms with Crippen molar-refractivity contribution in [3.8, 4) is 0 Å². The number of hydrogen-bond donors (Lipinski definition) is 1. The van der Waals surface area contributed by atoms with Crippen LogP contribution in [0.3, 0.4) is 0 Å². The van der Waals surface area contributed by atoms with Gasteiger partial charge < -0.3 is 5.11 Å². The summed E-state index contributed by atoms with van der Waals surface area (Å²) < 4.78 is 36.9. The van der Waals surface area contributed by atoms with Gasteiger partial charge in [-0.2, -0.15) is 13.2 Å². The molecule has 0 fully saturated rings. The lowest BCUT2D eigenvalue weighted by atomic mass is 9.96. The third kappa shape index (κ3) is 6.33. The summed E-state index contributed by atoms with van der Waals surface area (Å²) in [5, 5.41) is 10.0. The second-order valence-corrected chi connectivity index (χ2v) is 4.26. The summed E-state index contributed by atoms with van der Waals surface area (Å²) in [4.78, 5) is 1.28. The highest BCUT2D eigenvalue weighted by Gasteiger charge is 2.34. The van der Waals surface area contributed by atoms with Crippen LogP contribution in [0.4, 0.5) is 13.2 Å². The monoisotopic (exact) mass is 241 g/mol. The summed E-state index contributed by atoms with van der Waals surface area (Å²) in [6, 6.07) is 0. The molecule has 0 spiro atoms. The molecule has 0 aromatic rings. The van der Waals surface area contributed by atoms with Crippen molar-refractivity contribution in [3.05, 3.63) is 0 Å². The Hall–Kier alpha value is -0.290. The Morgan fingerprint density at radius 1 is 1.00 bits per heavy atom. The Labute approximate surface area is 95.4 Å². The zero-order valence-corrected chi connectivity index (χ0v) is 10.3. The van der Waals surface area contributed by atoms with Gasteiger partial charge in [0.15, 0.2) is 0 Å². The molecule has 5 heteroatoms. The first-order valence-electron chi connectivity index (χ1n) is 5.77. The number of nitrogens with zero attached hydrogens (tertiary/aromatic N) is 1. The maximum atomic E-state index is 12.3. The van der Waals surface area contributed by atoms with E-state index in [0.717, 1.165) is 0 Å². The molecule has 0 bridgehead atoms. The fourth-order valence-electron chi connectivity index (χ4n) is 1.67. The highest BCUT2D eigenvalue weighted by atomic mass is 19.4. The van der Waals surface area contributed by atoms with Crippen molar-refractivity contribution >= 4 is 0 Å². The van der Waals surface area contributed by atoms with Crippen LogP contribution in [-0.4, -0.2) is 41.4 Å². The van der Waals surface area contributed by atoms with Gasteiger partial charge in [-0.1, -0.05) is 20.8 Å². The van der Waals surface area contributed by atoms with Crippen molar-refractivity contribution in [2.75, 3.05) is 19.6 Å². The molecule has 2 nitrogen and oxygen atoms in total. The number of hydrogen-bond acceptors (Lipinski definition) is 2. The van der Waals surface area contributed by atoms with E-state index in [-0.39, 0.29) is 6.54 Å². The molecule has 0 radical (unpaired) electrons. The molecule has 0 aliphatic heterocycles. The van der Waals surface area contributed by atoms with E-state index in [2.05, 4.69) is 0 Å². The summed E-state index contributed by atoms with van der Waals surface area (Å²) in [5.41, 5.74) is -1.000. The minimum absolute atomic E-state index is 0.0906. The molecular formula is C11H22F3NO. The first kappa shape index (κ1) is 15.7. The van der Waals surface area contributed by atoms with Crippen molar-refractivity contribution in [1.29, 1.82) is 0 Å². The average Bonchev–Trinajstić information content (AvgIpc) is 2.15. The lowest BCUT2D eigenvalue weighted by molar-refractivity contribution is -0.152. The smallest absolute Gasteiger partial charge is 0.389 e. The van der Waals surface area contributed by atoms with E-state index in [1.54, 1.807) is 13.8 Å². The fourth-order valence-corrected chi connectivity index (χ4v) is 1.67. The zero-order chi connectivity index (χ0) is 12.8. The Kier molecular flexibility index (Phi) is 6.33. The molecule has 0 aromatic carbocycles. The molecule has 0 aliphatic rings. The van der Waals surface area contributed by atoms with Crippen molar-refractivity contribution in [3.63, 3.8) is 0 Å². The van der Waals surface area contributed by atoms with Crippen LogP contribution in [0, 0.1) is 0 Å². The molecule has 0 amide bonds. The van der Waals surface area contributed by atoms with Gasteiger partial charge in [0.2, 0.25) is 0 Å². The summed E-state index contributed by atoms with van der Waals surface area (Å²) in [5.74, 6) is 0. The topological polar surface area (TPSA) is 23.5 Å². The third-order valence-corrected chi connectivity index (χ3v) is 2.78. The molecule has 0 heterocycles. The van der Waals surface area contributed by atoms with Crippen LogP contribution < -0.4 is 0 Å².